The van der Waals surface area contributed by atoms with Gasteiger partial charge in [0, 0.05) is 11.1 Å². The van der Waals surface area contributed by atoms with E-state index in [4.69, 9.17) is 5.73 Å². The Kier molecular flexibility index (Phi) is 6.39. The van der Waals surface area contributed by atoms with Crippen molar-refractivity contribution in [1.29, 1.82) is 0 Å². The molecule has 3 nitrogen and oxygen atoms in total. The third-order valence-electron chi connectivity index (χ3n) is 3.97. The summed E-state index contributed by atoms with van der Waals surface area (Å²) in [7, 11) is 0. The fourth-order valence-electron chi connectivity index (χ4n) is 2.23. The monoisotopic (exact) mass is 290 g/mol. The molecule has 1 rings (SSSR count). The topological polar surface area (TPSA) is 55.1 Å². The van der Waals surface area contributed by atoms with Crippen LogP contribution >= 0.6 is 0 Å². The van der Waals surface area contributed by atoms with Gasteiger partial charge in [-0.1, -0.05) is 32.6 Å². The molecule has 4 heteroatoms. The maximum atomic E-state index is 13.9. The predicted molar refractivity (Wildman–Crippen MR) is 83.4 cm³/mol. The maximum Gasteiger partial charge on any atom is 0.251 e. The molecular formula is C17H23FN2O. The van der Waals surface area contributed by atoms with E-state index in [0.29, 0.717) is 5.56 Å². The fraction of sp³-hybridized carbons (Fsp3) is 0.471. The third-order valence-corrected chi connectivity index (χ3v) is 3.97. The fourth-order valence-corrected chi connectivity index (χ4v) is 2.23. The maximum absolute atomic E-state index is 13.9. The van der Waals surface area contributed by atoms with Gasteiger partial charge in [-0.3, -0.25) is 4.79 Å². The quantitative estimate of drug-likeness (QED) is 0.819. The molecule has 0 unspecified atom stereocenters. The van der Waals surface area contributed by atoms with Crippen LogP contribution in [0.1, 0.15) is 56.0 Å². The van der Waals surface area contributed by atoms with E-state index < -0.39 is 5.82 Å². The average Bonchev–Trinajstić information content (AvgIpc) is 2.51. The van der Waals surface area contributed by atoms with E-state index in [1.807, 2.05) is 20.8 Å². The molecule has 0 radical (unpaired) electrons. The first-order chi connectivity index (χ1) is 10.0. The zero-order valence-corrected chi connectivity index (χ0v) is 12.9. The molecule has 0 atom stereocenters. The highest BCUT2D eigenvalue weighted by Gasteiger charge is 2.26. The Hall–Kier alpha value is -1.86. The molecule has 0 aliphatic rings. The van der Waals surface area contributed by atoms with E-state index in [-0.39, 0.29) is 23.6 Å². The highest BCUT2D eigenvalue weighted by Crippen LogP contribution is 2.20. The van der Waals surface area contributed by atoms with E-state index in [1.54, 1.807) is 6.07 Å². The number of amides is 1. The number of benzene rings is 1. The minimum Gasteiger partial charge on any atom is -0.347 e. The summed E-state index contributed by atoms with van der Waals surface area (Å²) in [5, 5.41) is 3.02. The van der Waals surface area contributed by atoms with Crippen molar-refractivity contribution in [3.05, 3.63) is 35.1 Å². The van der Waals surface area contributed by atoms with Crippen molar-refractivity contribution in [2.75, 3.05) is 6.54 Å². The summed E-state index contributed by atoms with van der Waals surface area (Å²) in [5.74, 6) is 4.48. The van der Waals surface area contributed by atoms with Crippen LogP contribution in [0.25, 0.3) is 0 Å². The third kappa shape index (κ3) is 4.30. The van der Waals surface area contributed by atoms with Crippen LogP contribution in [-0.4, -0.2) is 18.0 Å². The first kappa shape index (κ1) is 17.2. The molecule has 1 amide bonds. The molecule has 0 aliphatic carbocycles. The van der Waals surface area contributed by atoms with E-state index in [1.165, 1.54) is 12.1 Å². The highest BCUT2D eigenvalue weighted by atomic mass is 19.1. The van der Waals surface area contributed by atoms with Crippen LogP contribution in [0.2, 0.25) is 0 Å². The Morgan fingerprint density at radius 1 is 1.29 bits per heavy atom. The zero-order valence-electron chi connectivity index (χ0n) is 12.9. The van der Waals surface area contributed by atoms with Gasteiger partial charge >= 0.3 is 0 Å². The van der Waals surface area contributed by atoms with E-state index in [0.717, 1.165) is 19.3 Å². The summed E-state index contributed by atoms with van der Waals surface area (Å²) in [6, 6.07) is 4.32. The molecule has 0 heterocycles. The lowest BCUT2D eigenvalue weighted by Gasteiger charge is -2.31. The Balaban J connectivity index is 2.96. The summed E-state index contributed by atoms with van der Waals surface area (Å²) < 4.78 is 13.9. The van der Waals surface area contributed by atoms with Gasteiger partial charge in [0.1, 0.15) is 5.82 Å². The Labute approximate surface area is 126 Å². The number of carbonyl (C=O) groups excluding carboxylic acids is 1. The summed E-state index contributed by atoms with van der Waals surface area (Å²) >= 11 is 0. The van der Waals surface area contributed by atoms with Crippen molar-refractivity contribution in [2.45, 2.75) is 45.6 Å². The highest BCUT2D eigenvalue weighted by molar-refractivity contribution is 5.94. The van der Waals surface area contributed by atoms with Gasteiger partial charge in [0.25, 0.3) is 5.91 Å². The lowest BCUT2D eigenvalue weighted by Crippen LogP contribution is -2.47. The molecule has 1 aromatic carbocycles. The number of nitrogens with two attached hydrogens (primary N) is 1. The molecule has 0 fully saturated rings. The van der Waals surface area contributed by atoms with Gasteiger partial charge < -0.3 is 11.1 Å². The number of rotatable bonds is 5. The van der Waals surface area contributed by atoms with Crippen LogP contribution < -0.4 is 11.1 Å². The standard InChI is InChI=1S/C17H23FN2O/c1-4-17(5-2,6-3)20-16(21)14-10-9-13(8-7-11-19)15(18)12-14/h9-10,12H,4-6,11,19H2,1-3H3,(H,20,21). The molecule has 0 saturated heterocycles. The molecule has 0 aliphatic heterocycles. The van der Waals surface area contributed by atoms with Crippen LogP contribution in [0.15, 0.2) is 18.2 Å². The number of carbonyl (C=O) groups is 1. The van der Waals surface area contributed by atoms with Crippen molar-refractivity contribution in [3.8, 4) is 11.8 Å². The second-order valence-corrected chi connectivity index (χ2v) is 5.00. The molecule has 0 spiro atoms. The van der Waals surface area contributed by atoms with Crippen molar-refractivity contribution in [3.63, 3.8) is 0 Å². The molecule has 0 aromatic heterocycles. The molecular weight excluding hydrogens is 267 g/mol. The average molecular weight is 290 g/mol. The van der Waals surface area contributed by atoms with Gasteiger partial charge in [0.05, 0.1) is 12.1 Å². The number of nitrogens with one attached hydrogen (secondary N) is 1. The van der Waals surface area contributed by atoms with Crippen LogP contribution in [0.4, 0.5) is 4.39 Å². The summed E-state index contributed by atoms with van der Waals surface area (Å²) in [4.78, 5) is 12.3. The van der Waals surface area contributed by atoms with Crippen LogP contribution in [0.3, 0.4) is 0 Å². The lowest BCUT2D eigenvalue weighted by atomic mass is 9.89. The van der Waals surface area contributed by atoms with Crippen molar-refractivity contribution in [1.82, 2.24) is 5.32 Å². The molecule has 114 valence electrons. The first-order valence-electron chi connectivity index (χ1n) is 7.32. The summed E-state index contributed by atoms with van der Waals surface area (Å²) in [5.41, 5.74) is 5.59. The Bertz CT molecular complexity index is 545. The lowest BCUT2D eigenvalue weighted by molar-refractivity contribution is 0.0887. The molecule has 3 N–H and O–H groups in total. The molecule has 1 aromatic rings. The molecule has 0 saturated carbocycles. The Morgan fingerprint density at radius 3 is 2.38 bits per heavy atom. The number of halogens is 1. The van der Waals surface area contributed by atoms with Crippen molar-refractivity contribution in [2.24, 2.45) is 5.73 Å². The van der Waals surface area contributed by atoms with Gasteiger partial charge in [-0.15, -0.1) is 0 Å². The smallest absolute Gasteiger partial charge is 0.251 e. The van der Waals surface area contributed by atoms with Gasteiger partial charge in [-0.05, 0) is 37.5 Å². The summed E-state index contributed by atoms with van der Waals surface area (Å²) in [6.45, 7) is 6.30. The minimum absolute atomic E-state index is 0.174. The minimum atomic E-state index is -0.501. The summed E-state index contributed by atoms with van der Waals surface area (Å²) in [6.07, 6.45) is 2.52. The Morgan fingerprint density at radius 2 is 1.90 bits per heavy atom. The second-order valence-electron chi connectivity index (χ2n) is 5.00. The van der Waals surface area contributed by atoms with Gasteiger partial charge in [-0.2, -0.15) is 0 Å². The number of hydrogen-bond donors (Lipinski definition) is 2. The number of hydrogen-bond acceptors (Lipinski definition) is 2. The van der Waals surface area contributed by atoms with E-state index >= 15 is 0 Å². The van der Waals surface area contributed by atoms with E-state index in [2.05, 4.69) is 17.2 Å². The first-order valence-corrected chi connectivity index (χ1v) is 7.32. The second kappa shape index (κ2) is 7.80. The van der Waals surface area contributed by atoms with Crippen LogP contribution in [0, 0.1) is 17.7 Å². The van der Waals surface area contributed by atoms with Crippen LogP contribution in [-0.2, 0) is 0 Å². The predicted octanol–water partition coefficient (Wildman–Crippen LogP) is 2.83. The van der Waals surface area contributed by atoms with Gasteiger partial charge in [0.15, 0.2) is 0 Å². The molecule has 21 heavy (non-hydrogen) atoms. The molecule has 0 bridgehead atoms. The van der Waals surface area contributed by atoms with Crippen LogP contribution in [0.5, 0.6) is 0 Å². The zero-order chi connectivity index (χ0) is 15.9. The normalized spacial score (nSPS) is 10.7. The van der Waals surface area contributed by atoms with Crippen molar-refractivity contribution < 1.29 is 9.18 Å². The largest absolute Gasteiger partial charge is 0.347 e. The SMILES string of the molecule is CCC(CC)(CC)NC(=O)c1ccc(C#CCN)c(F)c1. The van der Waals surface area contributed by atoms with Gasteiger partial charge in [0.2, 0.25) is 0 Å². The van der Waals surface area contributed by atoms with E-state index in [9.17, 15) is 9.18 Å². The van der Waals surface area contributed by atoms with Gasteiger partial charge in [-0.25, -0.2) is 4.39 Å². The van der Waals surface area contributed by atoms with Crippen molar-refractivity contribution >= 4 is 5.91 Å².